The molecule has 0 fully saturated rings. The molecule has 3 rings (SSSR count). The zero-order valence-corrected chi connectivity index (χ0v) is 11.0. The predicted octanol–water partition coefficient (Wildman–Crippen LogP) is 1.89. The molecule has 0 aliphatic heterocycles. The number of hydrogen-bond donors (Lipinski definition) is 1. The molecule has 0 saturated heterocycles. The Hall–Kier alpha value is -2.27. The van der Waals surface area contributed by atoms with Gasteiger partial charge in [-0.3, -0.25) is 0 Å². The summed E-state index contributed by atoms with van der Waals surface area (Å²) in [6.45, 7) is 4.37. The number of hydrogen-bond acceptors (Lipinski definition) is 4. The van der Waals surface area contributed by atoms with Crippen molar-refractivity contribution >= 4 is 10.9 Å². The molecule has 96 valence electrons. The van der Waals surface area contributed by atoms with Crippen LogP contribution in [-0.2, 0) is 6.54 Å². The molecule has 2 aromatic heterocycles. The lowest BCUT2D eigenvalue weighted by Crippen LogP contribution is -2.12. The largest absolute Gasteiger partial charge is 0.326 e. The Morgan fingerprint density at radius 1 is 1.16 bits per heavy atom. The van der Waals surface area contributed by atoms with Crippen LogP contribution in [0, 0.1) is 13.8 Å². The lowest BCUT2D eigenvalue weighted by Gasteiger charge is -2.11. The monoisotopic (exact) mass is 253 g/mol. The highest BCUT2D eigenvalue weighted by molar-refractivity contribution is 5.80. The third kappa shape index (κ3) is 1.79. The van der Waals surface area contributed by atoms with Gasteiger partial charge in [0.1, 0.15) is 0 Å². The molecule has 0 aliphatic carbocycles. The second kappa shape index (κ2) is 4.44. The molecule has 2 N–H and O–H groups in total. The third-order valence-electron chi connectivity index (χ3n) is 3.44. The number of para-hydroxylation sites is 1. The number of nitrogens with zero attached hydrogens (tertiary/aromatic N) is 4. The molecule has 0 aliphatic rings. The van der Waals surface area contributed by atoms with Crippen LogP contribution < -0.4 is 5.73 Å². The molecule has 0 atom stereocenters. The van der Waals surface area contributed by atoms with E-state index in [0.717, 1.165) is 27.7 Å². The summed E-state index contributed by atoms with van der Waals surface area (Å²) < 4.78 is 1.80. The SMILES string of the molecule is Cc1nnc(-n2ncc3ccccc32)c(CN)c1C. The predicted molar refractivity (Wildman–Crippen MR) is 74.0 cm³/mol. The fourth-order valence-electron chi connectivity index (χ4n) is 2.20. The lowest BCUT2D eigenvalue weighted by atomic mass is 10.1. The first-order valence-corrected chi connectivity index (χ1v) is 6.18. The van der Waals surface area contributed by atoms with Gasteiger partial charge in [0.15, 0.2) is 5.82 Å². The summed E-state index contributed by atoms with van der Waals surface area (Å²) in [4.78, 5) is 0. The van der Waals surface area contributed by atoms with E-state index in [9.17, 15) is 0 Å². The Labute approximate surface area is 111 Å². The summed E-state index contributed by atoms with van der Waals surface area (Å²) in [7, 11) is 0. The topological polar surface area (TPSA) is 69.6 Å². The maximum absolute atomic E-state index is 5.86. The van der Waals surface area contributed by atoms with Crippen LogP contribution in [0.1, 0.15) is 16.8 Å². The molecular weight excluding hydrogens is 238 g/mol. The van der Waals surface area contributed by atoms with Crippen LogP contribution in [0.2, 0.25) is 0 Å². The van der Waals surface area contributed by atoms with E-state index in [1.807, 2.05) is 44.3 Å². The van der Waals surface area contributed by atoms with E-state index in [2.05, 4.69) is 15.3 Å². The van der Waals surface area contributed by atoms with Gasteiger partial charge in [0.2, 0.25) is 0 Å². The van der Waals surface area contributed by atoms with Gasteiger partial charge in [0.05, 0.1) is 17.4 Å². The summed E-state index contributed by atoms with van der Waals surface area (Å²) in [5, 5.41) is 13.9. The van der Waals surface area contributed by atoms with Crippen LogP contribution in [0.3, 0.4) is 0 Å². The van der Waals surface area contributed by atoms with Crippen molar-refractivity contribution in [1.29, 1.82) is 0 Å². The number of aryl methyl sites for hydroxylation is 1. The summed E-state index contributed by atoms with van der Waals surface area (Å²) in [6.07, 6.45) is 1.83. The smallest absolute Gasteiger partial charge is 0.181 e. The van der Waals surface area contributed by atoms with E-state index in [-0.39, 0.29) is 0 Å². The fraction of sp³-hybridized carbons (Fsp3) is 0.214. The van der Waals surface area contributed by atoms with Gasteiger partial charge < -0.3 is 5.73 Å². The normalized spacial score (nSPS) is 11.1. The number of aromatic nitrogens is 4. The van der Waals surface area contributed by atoms with Crippen LogP contribution in [0.4, 0.5) is 0 Å². The summed E-state index contributed by atoms with van der Waals surface area (Å²) in [5.41, 5.74) is 9.84. The van der Waals surface area contributed by atoms with E-state index in [1.54, 1.807) is 4.68 Å². The Bertz CT molecular complexity index is 745. The van der Waals surface area contributed by atoms with Crippen molar-refractivity contribution in [2.75, 3.05) is 0 Å². The zero-order chi connectivity index (χ0) is 13.4. The Morgan fingerprint density at radius 3 is 2.74 bits per heavy atom. The molecule has 0 saturated carbocycles. The summed E-state index contributed by atoms with van der Waals surface area (Å²) >= 11 is 0. The minimum Gasteiger partial charge on any atom is -0.326 e. The fourth-order valence-corrected chi connectivity index (χ4v) is 2.20. The van der Waals surface area contributed by atoms with Crippen molar-refractivity contribution in [3.63, 3.8) is 0 Å². The maximum Gasteiger partial charge on any atom is 0.181 e. The van der Waals surface area contributed by atoms with Crippen LogP contribution in [0.5, 0.6) is 0 Å². The Balaban J connectivity index is 2.30. The second-order valence-electron chi connectivity index (χ2n) is 4.53. The zero-order valence-electron chi connectivity index (χ0n) is 11.0. The average molecular weight is 253 g/mol. The molecule has 0 radical (unpaired) electrons. The third-order valence-corrected chi connectivity index (χ3v) is 3.44. The second-order valence-corrected chi connectivity index (χ2v) is 4.53. The highest BCUT2D eigenvalue weighted by atomic mass is 15.3. The van der Waals surface area contributed by atoms with Crippen LogP contribution in [-0.4, -0.2) is 20.0 Å². The minimum atomic E-state index is 0.422. The van der Waals surface area contributed by atoms with E-state index in [4.69, 9.17) is 5.73 Å². The van der Waals surface area contributed by atoms with Crippen LogP contribution in [0.25, 0.3) is 16.7 Å². The van der Waals surface area contributed by atoms with Crippen LogP contribution >= 0.6 is 0 Å². The van der Waals surface area contributed by atoms with Crippen molar-refractivity contribution in [3.8, 4) is 5.82 Å². The maximum atomic E-state index is 5.86. The van der Waals surface area contributed by atoms with Gasteiger partial charge in [-0.05, 0) is 25.5 Å². The van der Waals surface area contributed by atoms with Gasteiger partial charge in [0, 0.05) is 17.5 Å². The first kappa shape index (κ1) is 11.8. The average Bonchev–Trinajstić information content (AvgIpc) is 2.85. The van der Waals surface area contributed by atoms with Gasteiger partial charge in [0.25, 0.3) is 0 Å². The Kier molecular flexibility index (Phi) is 2.76. The van der Waals surface area contributed by atoms with Crippen LogP contribution in [0.15, 0.2) is 30.5 Å². The number of rotatable bonds is 2. The van der Waals surface area contributed by atoms with Crippen molar-refractivity contribution in [2.24, 2.45) is 5.73 Å². The first-order chi connectivity index (χ1) is 9.22. The highest BCUT2D eigenvalue weighted by Gasteiger charge is 2.14. The molecule has 5 heteroatoms. The van der Waals surface area contributed by atoms with Crippen molar-refractivity contribution in [1.82, 2.24) is 20.0 Å². The van der Waals surface area contributed by atoms with Crippen molar-refractivity contribution in [3.05, 3.63) is 47.3 Å². The molecular formula is C14H15N5. The van der Waals surface area contributed by atoms with E-state index in [0.29, 0.717) is 12.4 Å². The van der Waals surface area contributed by atoms with Crippen molar-refractivity contribution < 1.29 is 0 Å². The van der Waals surface area contributed by atoms with Gasteiger partial charge in [-0.2, -0.15) is 10.2 Å². The number of fused-ring (bicyclic) bond motifs is 1. The van der Waals surface area contributed by atoms with Gasteiger partial charge in [-0.15, -0.1) is 5.10 Å². The number of benzene rings is 1. The molecule has 0 bridgehead atoms. The first-order valence-electron chi connectivity index (χ1n) is 6.18. The standard InChI is InChI=1S/C14H15N5/c1-9-10(2)17-18-14(12(9)7-15)19-13-6-4-3-5-11(13)8-16-19/h3-6,8H,7,15H2,1-2H3. The van der Waals surface area contributed by atoms with E-state index < -0.39 is 0 Å². The van der Waals surface area contributed by atoms with Gasteiger partial charge >= 0.3 is 0 Å². The quantitative estimate of drug-likeness (QED) is 0.757. The van der Waals surface area contributed by atoms with E-state index in [1.165, 1.54) is 0 Å². The molecule has 0 unspecified atom stereocenters. The molecule has 0 amide bonds. The molecule has 0 spiro atoms. The summed E-state index contributed by atoms with van der Waals surface area (Å²) in [5.74, 6) is 0.715. The molecule has 19 heavy (non-hydrogen) atoms. The molecule has 1 aromatic carbocycles. The number of nitrogens with two attached hydrogens (primary N) is 1. The molecule has 3 aromatic rings. The minimum absolute atomic E-state index is 0.422. The van der Waals surface area contributed by atoms with Gasteiger partial charge in [-0.1, -0.05) is 18.2 Å². The highest BCUT2D eigenvalue weighted by Crippen LogP contribution is 2.21. The van der Waals surface area contributed by atoms with E-state index >= 15 is 0 Å². The van der Waals surface area contributed by atoms with Crippen molar-refractivity contribution in [2.45, 2.75) is 20.4 Å². The molecule has 5 nitrogen and oxygen atoms in total. The Morgan fingerprint density at radius 2 is 1.95 bits per heavy atom. The van der Waals surface area contributed by atoms with Gasteiger partial charge in [-0.25, -0.2) is 4.68 Å². The molecule has 2 heterocycles. The summed E-state index contributed by atoms with van der Waals surface area (Å²) in [6, 6.07) is 8.01. The lowest BCUT2D eigenvalue weighted by molar-refractivity contribution is 0.792.